The van der Waals surface area contributed by atoms with Crippen LogP contribution in [0.3, 0.4) is 0 Å². The molecule has 2 aromatic carbocycles. The van der Waals surface area contributed by atoms with Crippen molar-refractivity contribution in [1.29, 1.82) is 0 Å². The van der Waals surface area contributed by atoms with Gasteiger partial charge in [0.05, 0.1) is 11.5 Å². The molecule has 0 saturated carbocycles. The smallest absolute Gasteiger partial charge is 0.272 e. The maximum absolute atomic E-state index is 12.5. The summed E-state index contributed by atoms with van der Waals surface area (Å²) < 4.78 is 0. The number of benzene rings is 2. The molecule has 3 rings (SSSR count). The number of para-hydroxylation sites is 1. The molecule has 2 aromatic rings. The van der Waals surface area contributed by atoms with Gasteiger partial charge in [0.1, 0.15) is 0 Å². The number of carbonyl (C=O) groups is 1. The Kier molecular flexibility index (Phi) is 4.46. The predicted molar refractivity (Wildman–Crippen MR) is 93.4 cm³/mol. The molecule has 0 aromatic heterocycles. The van der Waals surface area contributed by atoms with E-state index in [-0.39, 0.29) is 18.1 Å². The zero-order valence-electron chi connectivity index (χ0n) is 13.5. The van der Waals surface area contributed by atoms with Crippen molar-refractivity contribution in [3.63, 3.8) is 0 Å². The van der Waals surface area contributed by atoms with E-state index in [9.17, 15) is 14.9 Å². The first-order chi connectivity index (χ1) is 11.6. The molecule has 0 aliphatic carbocycles. The summed E-state index contributed by atoms with van der Waals surface area (Å²) in [6.07, 6.45) is 1.95. The van der Waals surface area contributed by atoms with Crippen molar-refractivity contribution in [3.8, 4) is 0 Å². The molecular formula is C18H19N3O3. The van der Waals surface area contributed by atoms with Gasteiger partial charge in [-0.3, -0.25) is 14.9 Å². The monoisotopic (exact) mass is 325 g/mol. The van der Waals surface area contributed by atoms with Crippen LogP contribution in [0.1, 0.15) is 17.5 Å². The van der Waals surface area contributed by atoms with Crippen molar-refractivity contribution < 1.29 is 9.72 Å². The molecule has 1 aliphatic rings. The molecule has 24 heavy (non-hydrogen) atoms. The second-order valence-corrected chi connectivity index (χ2v) is 5.89. The summed E-state index contributed by atoms with van der Waals surface area (Å²) in [5.74, 6) is -0.00171. The topological polar surface area (TPSA) is 75.5 Å². The van der Waals surface area contributed by atoms with E-state index in [4.69, 9.17) is 0 Å². The number of rotatable bonds is 4. The minimum absolute atomic E-state index is 0.00171. The highest BCUT2D eigenvalue weighted by Crippen LogP contribution is 2.27. The van der Waals surface area contributed by atoms with Gasteiger partial charge in [0, 0.05) is 29.5 Å². The van der Waals surface area contributed by atoms with Crippen LogP contribution in [0.5, 0.6) is 0 Å². The standard InChI is InChI=1S/C18H19N3O3/c1-13-11-15(8-9-16(13)21(23)24)19-12-18(22)20-10-4-6-14-5-2-3-7-17(14)20/h2-3,5,7-9,11,19H,4,6,10,12H2,1H3. The van der Waals surface area contributed by atoms with E-state index in [1.54, 1.807) is 19.1 Å². The number of fused-ring (bicyclic) bond motifs is 1. The molecule has 0 saturated heterocycles. The van der Waals surface area contributed by atoms with Crippen molar-refractivity contribution in [2.45, 2.75) is 19.8 Å². The Labute approximate surface area is 140 Å². The number of hydrogen-bond acceptors (Lipinski definition) is 4. The number of carbonyl (C=O) groups excluding carboxylic acids is 1. The zero-order chi connectivity index (χ0) is 17.1. The summed E-state index contributed by atoms with van der Waals surface area (Å²) >= 11 is 0. The maximum atomic E-state index is 12.5. The number of nitro benzene ring substituents is 1. The lowest BCUT2D eigenvalue weighted by Gasteiger charge is -2.29. The maximum Gasteiger partial charge on any atom is 0.272 e. The van der Waals surface area contributed by atoms with Gasteiger partial charge < -0.3 is 10.2 Å². The number of nitrogens with one attached hydrogen (secondary N) is 1. The van der Waals surface area contributed by atoms with Crippen LogP contribution in [0.25, 0.3) is 0 Å². The highest BCUT2D eigenvalue weighted by molar-refractivity contribution is 5.97. The van der Waals surface area contributed by atoms with Crippen LogP contribution in [0.15, 0.2) is 42.5 Å². The van der Waals surface area contributed by atoms with E-state index in [2.05, 4.69) is 11.4 Å². The first-order valence-corrected chi connectivity index (χ1v) is 7.93. The van der Waals surface area contributed by atoms with Crippen molar-refractivity contribution in [3.05, 3.63) is 63.7 Å². The van der Waals surface area contributed by atoms with Crippen LogP contribution in [0.2, 0.25) is 0 Å². The molecule has 0 unspecified atom stereocenters. The number of nitrogens with zero attached hydrogens (tertiary/aromatic N) is 2. The summed E-state index contributed by atoms with van der Waals surface area (Å²) in [7, 11) is 0. The molecule has 0 radical (unpaired) electrons. The van der Waals surface area contributed by atoms with Crippen LogP contribution in [-0.4, -0.2) is 23.9 Å². The largest absolute Gasteiger partial charge is 0.376 e. The summed E-state index contributed by atoms with van der Waals surface area (Å²) in [6, 6.07) is 12.7. The lowest BCUT2D eigenvalue weighted by atomic mass is 10.0. The molecule has 6 nitrogen and oxygen atoms in total. The van der Waals surface area contributed by atoms with E-state index < -0.39 is 4.92 Å². The average Bonchev–Trinajstić information content (AvgIpc) is 2.59. The van der Waals surface area contributed by atoms with Gasteiger partial charge in [-0.25, -0.2) is 0 Å². The third kappa shape index (κ3) is 3.22. The summed E-state index contributed by atoms with van der Waals surface area (Å²) in [6.45, 7) is 2.56. The number of amides is 1. The fourth-order valence-corrected chi connectivity index (χ4v) is 3.04. The second kappa shape index (κ2) is 6.70. The molecule has 1 heterocycles. The number of anilines is 2. The van der Waals surface area contributed by atoms with Gasteiger partial charge in [-0.05, 0) is 43.5 Å². The zero-order valence-corrected chi connectivity index (χ0v) is 13.5. The normalized spacial score (nSPS) is 13.3. The van der Waals surface area contributed by atoms with Crippen molar-refractivity contribution in [2.24, 2.45) is 0 Å². The third-order valence-electron chi connectivity index (χ3n) is 4.25. The van der Waals surface area contributed by atoms with E-state index in [1.165, 1.54) is 11.6 Å². The molecule has 6 heteroatoms. The fraction of sp³-hybridized carbons (Fsp3) is 0.278. The molecule has 1 aliphatic heterocycles. The van der Waals surface area contributed by atoms with Crippen LogP contribution in [0.4, 0.5) is 17.1 Å². The Morgan fingerprint density at radius 2 is 2.08 bits per heavy atom. The van der Waals surface area contributed by atoms with Crippen molar-refractivity contribution in [2.75, 3.05) is 23.3 Å². The summed E-state index contributed by atoms with van der Waals surface area (Å²) in [4.78, 5) is 24.8. The van der Waals surface area contributed by atoms with Crippen LogP contribution < -0.4 is 10.2 Å². The van der Waals surface area contributed by atoms with Gasteiger partial charge in [-0.2, -0.15) is 0 Å². The number of nitro groups is 1. The lowest BCUT2D eigenvalue weighted by molar-refractivity contribution is -0.385. The Morgan fingerprint density at radius 3 is 2.83 bits per heavy atom. The molecular weight excluding hydrogens is 306 g/mol. The number of hydrogen-bond donors (Lipinski definition) is 1. The van der Waals surface area contributed by atoms with Gasteiger partial charge in [-0.15, -0.1) is 0 Å². The minimum Gasteiger partial charge on any atom is -0.376 e. The van der Waals surface area contributed by atoms with Gasteiger partial charge in [0.2, 0.25) is 5.91 Å². The summed E-state index contributed by atoms with van der Waals surface area (Å²) in [5.41, 5.74) is 3.54. The highest BCUT2D eigenvalue weighted by Gasteiger charge is 2.21. The molecule has 0 atom stereocenters. The third-order valence-corrected chi connectivity index (χ3v) is 4.25. The lowest BCUT2D eigenvalue weighted by Crippen LogP contribution is -2.39. The van der Waals surface area contributed by atoms with E-state index in [0.29, 0.717) is 11.3 Å². The van der Waals surface area contributed by atoms with Crippen molar-refractivity contribution in [1.82, 2.24) is 0 Å². The molecule has 0 spiro atoms. The van der Waals surface area contributed by atoms with Gasteiger partial charge in [-0.1, -0.05) is 18.2 Å². The Morgan fingerprint density at radius 1 is 1.29 bits per heavy atom. The Bertz CT molecular complexity index is 789. The van der Waals surface area contributed by atoms with Crippen molar-refractivity contribution >= 4 is 23.0 Å². The highest BCUT2D eigenvalue weighted by atomic mass is 16.6. The van der Waals surface area contributed by atoms with Crippen LogP contribution in [0, 0.1) is 17.0 Å². The minimum atomic E-state index is -0.408. The van der Waals surface area contributed by atoms with Gasteiger partial charge in [0.25, 0.3) is 5.69 Å². The van der Waals surface area contributed by atoms with Gasteiger partial charge in [0.15, 0.2) is 0 Å². The van der Waals surface area contributed by atoms with Gasteiger partial charge >= 0.3 is 0 Å². The van der Waals surface area contributed by atoms with E-state index >= 15 is 0 Å². The average molecular weight is 325 g/mol. The molecule has 0 bridgehead atoms. The summed E-state index contributed by atoms with van der Waals surface area (Å²) in [5, 5.41) is 13.9. The number of aryl methyl sites for hydroxylation is 2. The molecule has 0 fully saturated rings. The molecule has 1 amide bonds. The van der Waals surface area contributed by atoms with E-state index in [1.807, 2.05) is 23.1 Å². The Hall–Kier alpha value is -2.89. The van der Waals surface area contributed by atoms with E-state index in [0.717, 1.165) is 25.1 Å². The first-order valence-electron chi connectivity index (χ1n) is 7.93. The quantitative estimate of drug-likeness (QED) is 0.691. The first kappa shape index (κ1) is 16.0. The van der Waals surface area contributed by atoms with Crippen LogP contribution in [-0.2, 0) is 11.2 Å². The fourth-order valence-electron chi connectivity index (χ4n) is 3.04. The second-order valence-electron chi connectivity index (χ2n) is 5.89. The molecule has 124 valence electrons. The predicted octanol–water partition coefficient (Wildman–Crippen LogP) is 3.29. The van der Waals surface area contributed by atoms with Crippen LogP contribution >= 0.6 is 0 Å². The Balaban J connectivity index is 1.68. The SMILES string of the molecule is Cc1cc(NCC(=O)N2CCCc3ccccc32)ccc1[N+](=O)[O-]. The molecule has 1 N–H and O–H groups in total.